The summed E-state index contributed by atoms with van der Waals surface area (Å²) < 4.78 is 11.9. The first-order valence-electron chi connectivity index (χ1n) is 26.6. The molecule has 0 amide bonds. The van der Waals surface area contributed by atoms with Gasteiger partial charge in [0.25, 0.3) is 0 Å². The van der Waals surface area contributed by atoms with Gasteiger partial charge in [0.1, 0.15) is 23.0 Å². The Bertz CT molecular complexity index is 1890. The van der Waals surface area contributed by atoms with Crippen LogP contribution in [0.5, 0.6) is 23.0 Å². The van der Waals surface area contributed by atoms with Crippen molar-refractivity contribution in [2.45, 2.75) is 219 Å². The van der Waals surface area contributed by atoms with Crippen LogP contribution in [0.4, 0.5) is 0 Å². The van der Waals surface area contributed by atoms with Crippen molar-refractivity contribution in [3.8, 4) is 23.0 Å². The van der Waals surface area contributed by atoms with Crippen molar-refractivity contribution in [3.63, 3.8) is 0 Å². The van der Waals surface area contributed by atoms with E-state index in [-0.39, 0.29) is 19.5 Å². The summed E-state index contributed by atoms with van der Waals surface area (Å²) in [5, 5.41) is 24.0. The summed E-state index contributed by atoms with van der Waals surface area (Å²) in [7, 11) is 0. The van der Waals surface area contributed by atoms with Gasteiger partial charge in [-0.15, -0.1) is 0 Å². The molecular formula is C60H82O6Zn. The molecule has 4 aromatic rings. The van der Waals surface area contributed by atoms with Crippen LogP contribution < -0.4 is 19.7 Å². The second-order valence-electron chi connectivity index (χ2n) is 19.2. The van der Waals surface area contributed by atoms with E-state index in [2.05, 4.69) is 13.8 Å². The first-order valence-corrected chi connectivity index (χ1v) is 26.6. The van der Waals surface area contributed by atoms with Gasteiger partial charge in [-0.3, -0.25) is 0 Å². The molecule has 0 atom stereocenters. The molecule has 0 N–H and O–H groups in total. The summed E-state index contributed by atoms with van der Waals surface area (Å²) in [6.07, 6.45) is 39.8. The third-order valence-electron chi connectivity index (χ3n) is 13.8. The van der Waals surface area contributed by atoms with Crippen LogP contribution in [-0.2, 0) is 45.2 Å². The summed E-state index contributed by atoms with van der Waals surface area (Å²) in [5.74, 6) is 0.753. The normalized spacial score (nSPS) is 12.0. The molecule has 0 radical (unpaired) electrons. The molecule has 0 saturated carbocycles. The van der Waals surface area contributed by atoms with Crippen LogP contribution in [0.25, 0.3) is 0 Å². The smallest absolute Gasteiger partial charge is 0.545 e. The van der Waals surface area contributed by atoms with Crippen molar-refractivity contribution in [1.29, 1.82) is 0 Å². The van der Waals surface area contributed by atoms with Crippen molar-refractivity contribution in [2.24, 2.45) is 0 Å². The van der Waals surface area contributed by atoms with Crippen LogP contribution in [0.3, 0.4) is 0 Å². The van der Waals surface area contributed by atoms with Crippen molar-refractivity contribution in [3.05, 3.63) is 117 Å². The zero-order valence-electron chi connectivity index (χ0n) is 41.7. The summed E-state index contributed by atoms with van der Waals surface area (Å²) in [5.41, 5.74) is 6.04. The topological polar surface area (TPSA) is 98.7 Å². The van der Waals surface area contributed by atoms with Crippen LogP contribution in [-0.4, -0.2) is 11.9 Å². The Hall–Kier alpha value is -3.96. The predicted molar refractivity (Wildman–Crippen MR) is 268 cm³/mol. The molecule has 2 aliphatic rings. The van der Waals surface area contributed by atoms with Gasteiger partial charge < -0.3 is 29.3 Å². The number of carbonyl (C=O) groups excluding carboxylic acids is 2. The van der Waals surface area contributed by atoms with Gasteiger partial charge in [-0.25, -0.2) is 0 Å². The molecule has 0 aromatic heterocycles. The number of carboxylic acid groups (broad SMARTS) is 2. The van der Waals surface area contributed by atoms with Gasteiger partial charge in [0.2, 0.25) is 0 Å². The Labute approximate surface area is 418 Å². The molecule has 4 aromatic carbocycles. The van der Waals surface area contributed by atoms with E-state index in [9.17, 15) is 19.8 Å². The molecule has 0 bridgehead atoms. The zero-order valence-corrected chi connectivity index (χ0v) is 44.7. The van der Waals surface area contributed by atoms with E-state index in [0.717, 1.165) is 83.4 Å². The Morgan fingerprint density at radius 3 is 0.970 bits per heavy atom. The summed E-state index contributed by atoms with van der Waals surface area (Å²) >= 11 is 0. The number of unbranched alkanes of at least 4 members (excludes halogenated alkanes) is 26. The minimum absolute atomic E-state index is 0. The van der Waals surface area contributed by atoms with Crippen molar-refractivity contribution < 1.29 is 48.8 Å². The number of hydrogen-bond acceptors (Lipinski definition) is 6. The number of rotatable bonds is 32. The molecule has 7 heteroatoms. The summed E-state index contributed by atoms with van der Waals surface area (Å²) in [6.45, 7) is 4.54. The van der Waals surface area contributed by atoms with Crippen molar-refractivity contribution in [2.75, 3.05) is 0 Å². The molecule has 6 nitrogen and oxygen atoms in total. The minimum atomic E-state index is -1.09. The van der Waals surface area contributed by atoms with Gasteiger partial charge in [0, 0.05) is 35.1 Å². The van der Waals surface area contributed by atoms with Crippen LogP contribution >= 0.6 is 0 Å². The maximum atomic E-state index is 12.0. The van der Waals surface area contributed by atoms with Gasteiger partial charge in [0.15, 0.2) is 0 Å². The zero-order chi connectivity index (χ0) is 46.6. The van der Waals surface area contributed by atoms with E-state index in [1.807, 2.05) is 72.8 Å². The second-order valence-corrected chi connectivity index (χ2v) is 19.2. The van der Waals surface area contributed by atoms with Gasteiger partial charge in [0.05, 0.1) is 11.9 Å². The molecule has 67 heavy (non-hydrogen) atoms. The number of benzene rings is 4. The van der Waals surface area contributed by atoms with E-state index in [1.54, 1.807) is 0 Å². The van der Waals surface area contributed by atoms with E-state index >= 15 is 0 Å². The van der Waals surface area contributed by atoms with Gasteiger partial charge in [-0.1, -0.05) is 229 Å². The molecule has 0 unspecified atom stereocenters. The molecular weight excluding hydrogens is 882 g/mol. The largest absolute Gasteiger partial charge is 2.00 e. The Morgan fingerprint density at radius 1 is 0.388 bits per heavy atom. The van der Waals surface area contributed by atoms with Crippen LogP contribution in [0.1, 0.15) is 248 Å². The fourth-order valence-electron chi connectivity index (χ4n) is 9.96. The fourth-order valence-corrected chi connectivity index (χ4v) is 9.96. The number of carboxylic acids is 2. The molecule has 0 fully saturated rings. The number of aromatic carboxylic acids is 2. The van der Waals surface area contributed by atoms with E-state index in [4.69, 9.17) is 9.47 Å². The second kappa shape index (κ2) is 32.7. The Morgan fingerprint density at radius 2 is 0.672 bits per heavy atom. The number of aryl methyl sites for hydroxylation is 2. The molecule has 0 aliphatic carbocycles. The number of ether oxygens (including phenoxy) is 2. The van der Waals surface area contributed by atoms with E-state index < -0.39 is 11.9 Å². The van der Waals surface area contributed by atoms with Crippen molar-refractivity contribution in [1.82, 2.24) is 0 Å². The van der Waals surface area contributed by atoms with Gasteiger partial charge in [-0.2, -0.15) is 0 Å². The van der Waals surface area contributed by atoms with E-state index in [0.29, 0.717) is 35.5 Å². The standard InChI is InChI=1S/2C30H42O3.Zn/c2*1-2-3-4-5-6-7-8-9-10-11-12-13-14-15-18-24-21-22-28-26(29(24)30(31)32)23-25-19-16-17-20-27(25)33-28;/h2*16-17,19-22H,2-15,18,23H2,1H3,(H,31,32);/q;;+2/p-2. The third-order valence-corrected chi connectivity index (χ3v) is 13.8. The first-order chi connectivity index (χ1) is 32.4. The number of carbonyl (C=O) groups is 2. The Balaban J connectivity index is 0.000000288. The molecule has 0 saturated heterocycles. The minimum Gasteiger partial charge on any atom is -0.545 e. The quantitative estimate of drug-likeness (QED) is 0.0308. The molecule has 2 heterocycles. The number of para-hydroxylation sites is 2. The van der Waals surface area contributed by atoms with Crippen LogP contribution in [0.2, 0.25) is 0 Å². The summed E-state index contributed by atoms with van der Waals surface area (Å²) in [6, 6.07) is 23.3. The molecule has 6 rings (SSSR count). The average molecular weight is 965 g/mol. The molecule has 2 aliphatic heterocycles. The first kappa shape index (κ1) is 55.6. The summed E-state index contributed by atoms with van der Waals surface area (Å²) in [4.78, 5) is 24.0. The SMILES string of the molecule is CCCCCCCCCCCCCCCCc1ccc2c(c1C(=O)[O-])Cc1ccccc1O2.CCCCCCCCCCCCCCCCc1ccc2c(c1C(=O)[O-])Cc1ccccc1O2.[Zn+2]. The van der Waals surface area contributed by atoms with Crippen LogP contribution in [0.15, 0.2) is 72.8 Å². The number of hydrogen-bond donors (Lipinski definition) is 0. The van der Waals surface area contributed by atoms with Crippen LogP contribution in [0, 0.1) is 0 Å². The predicted octanol–water partition coefficient (Wildman–Crippen LogP) is 15.5. The third kappa shape index (κ3) is 19.2. The number of fused-ring (bicyclic) bond motifs is 4. The monoisotopic (exact) mass is 963 g/mol. The van der Waals surface area contributed by atoms with Crippen molar-refractivity contribution >= 4 is 11.9 Å². The molecule has 360 valence electrons. The maximum absolute atomic E-state index is 12.0. The maximum Gasteiger partial charge on any atom is 2.00 e. The Kier molecular flexibility index (Phi) is 27.2. The van der Waals surface area contributed by atoms with Gasteiger partial charge >= 0.3 is 19.5 Å². The molecule has 0 spiro atoms. The fraction of sp³-hybridized carbons (Fsp3) is 0.567. The average Bonchev–Trinajstić information content (AvgIpc) is 3.32. The van der Waals surface area contributed by atoms with E-state index in [1.165, 1.54) is 154 Å². The van der Waals surface area contributed by atoms with Gasteiger partial charge in [-0.05, 0) is 72.2 Å².